The second-order valence-electron chi connectivity index (χ2n) is 7.20. The molecule has 1 aliphatic carbocycles. The summed E-state index contributed by atoms with van der Waals surface area (Å²) in [5.74, 6) is 0.317. The van der Waals surface area contributed by atoms with E-state index in [9.17, 15) is 5.11 Å². The summed E-state index contributed by atoms with van der Waals surface area (Å²) in [6, 6.07) is 18.4. The Morgan fingerprint density at radius 2 is 1.79 bits per heavy atom. The van der Waals surface area contributed by atoms with Crippen LogP contribution in [0.5, 0.6) is 5.88 Å². The summed E-state index contributed by atoms with van der Waals surface area (Å²) in [6.45, 7) is 0. The quantitative estimate of drug-likeness (QED) is 0.601. The minimum atomic E-state index is 0.315. The van der Waals surface area contributed by atoms with E-state index in [4.69, 9.17) is 4.99 Å². The summed E-state index contributed by atoms with van der Waals surface area (Å²) in [4.78, 5) is 11.0. The molecule has 1 aromatic heterocycles. The Kier molecular flexibility index (Phi) is 4.45. The zero-order valence-electron chi connectivity index (χ0n) is 15.5. The van der Waals surface area contributed by atoms with E-state index in [-0.39, 0.29) is 0 Å². The van der Waals surface area contributed by atoms with Crippen LogP contribution in [0.25, 0.3) is 11.6 Å². The molecular weight excluding hydrogens is 366 g/mol. The van der Waals surface area contributed by atoms with E-state index in [1.54, 1.807) is 0 Å². The average Bonchev–Trinajstić information content (AvgIpc) is 3.44. The van der Waals surface area contributed by atoms with Gasteiger partial charge in [0, 0.05) is 23.4 Å². The first kappa shape index (κ1) is 17.2. The molecule has 0 radical (unpaired) electrons. The van der Waals surface area contributed by atoms with Gasteiger partial charge in [-0.3, -0.25) is 9.56 Å². The van der Waals surface area contributed by atoms with E-state index in [0.29, 0.717) is 11.9 Å². The second-order valence-corrected chi connectivity index (χ2v) is 8.21. The third-order valence-corrected chi connectivity index (χ3v) is 6.36. The smallest absolute Gasteiger partial charge is 0.211 e. The van der Waals surface area contributed by atoms with Crippen LogP contribution >= 0.6 is 11.3 Å². The highest BCUT2D eigenvalue weighted by Crippen LogP contribution is 2.37. The molecule has 3 aromatic rings. The lowest BCUT2D eigenvalue weighted by atomic mass is 10.1. The van der Waals surface area contributed by atoms with Crippen LogP contribution in [-0.4, -0.2) is 15.9 Å². The van der Waals surface area contributed by atoms with Gasteiger partial charge < -0.3 is 5.11 Å². The van der Waals surface area contributed by atoms with Crippen molar-refractivity contribution in [2.24, 2.45) is 9.98 Å². The Morgan fingerprint density at radius 3 is 2.61 bits per heavy atom. The molecule has 5 rings (SSSR count). The molecule has 0 spiro atoms. The van der Waals surface area contributed by atoms with Gasteiger partial charge in [-0.25, -0.2) is 4.99 Å². The van der Waals surface area contributed by atoms with Gasteiger partial charge >= 0.3 is 0 Å². The molecule has 1 saturated carbocycles. The van der Waals surface area contributed by atoms with Crippen LogP contribution in [0.3, 0.4) is 0 Å². The molecule has 0 saturated heterocycles. The fourth-order valence-electron chi connectivity index (χ4n) is 3.97. The van der Waals surface area contributed by atoms with Gasteiger partial charge in [0.05, 0.1) is 16.3 Å². The Hall–Kier alpha value is -2.92. The van der Waals surface area contributed by atoms with Crippen LogP contribution in [0.15, 0.2) is 64.6 Å². The highest BCUT2D eigenvalue weighted by atomic mass is 32.1. The van der Waals surface area contributed by atoms with E-state index in [1.165, 1.54) is 24.2 Å². The van der Waals surface area contributed by atoms with Crippen LogP contribution in [0.4, 0.5) is 11.4 Å². The molecular formula is C23H21N3OS. The third-order valence-electron chi connectivity index (χ3n) is 5.37. The van der Waals surface area contributed by atoms with Crippen molar-refractivity contribution in [2.45, 2.75) is 31.7 Å². The molecule has 2 heterocycles. The molecule has 140 valence electrons. The van der Waals surface area contributed by atoms with E-state index >= 15 is 0 Å². The number of benzene rings is 2. The number of nitrogens with zero attached hydrogens (tertiary/aromatic N) is 3. The first-order valence-corrected chi connectivity index (χ1v) is 10.5. The normalized spacial score (nSPS) is 18.3. The monoisotopic (exact) mass is 387 g/mol. The van der Waals surface area contributed by atoms with Gasteiger partial charge in [0.15, 0.2) is 4.80 Å². The highest BCUT2D eigenvalue weighted by molar-refractivity contribution is 7.10. The Morgan fingerprint density at radius 1 is 1.04 bits per heavy atom. The maximum Gasteiger partial charge on any atom is 0.211 e. The van der Waals surface area contributed by atoms with Crippen molar-refractivity contribution in [2.75, 3.05) is 0 Å². The molecule has 0 bridgehead atoms. The lowest BCUT2D eigenvalue weighted by molar-refractivity contribution is 0.375. The largest absolute Gasteiger partial charge is 0.493 e. The van der Waals surface area contributed by atoms with Crippen molar-refractivity contribution in [3.8, 4) is 5.88 Å². The van der Waals surface area contributed by atoms with E-state index in [1.807, 2.05) is 65.4 Å². The number of aromatic hydroxyl groups is 1. The van der Waals surface area contributed by atoms with Gasteiger partial charge in [-0.05, 0) is 37.1 Å². The number of hydrogen-bond donors (Lipinski definition) is 1. The molecule has 28 heavy (non-hydrogen) atoms. The molecule has 2 aliphatic rings. The lowest BCUT2D eigenvalue weighted by Gasteiger charge is -2.12. The summed E-state index contributed by atoms with van der Waals surface area (Å²) >= 11 is 1.54. The zero-order chi connectivity index (χ0) is 18.9. The number of aliphatic imine (C=N–C) groups is 1. The molecule has 0 amide bonds. The Balaban J connectivity index is 1.64. The standard InChI is InChI=1S/C23H21N3OS/c27-22-21(14-16-15-24-20-13-7-6-12-19(16)20)28-23(25-17-8-2-1-3-9-17)26(22)18-10-4-5-11-18/h1-3,6-9,12-15,18,27H,4-5,10-11H2/b16-14+,25-23?. The number of fused-ring (bicyclic) bond motifs is 1. The Labute approximate surface area is 167 Å². The van der Waals surface area contributed by atoms with Crippen molar-refractivity contribution in [1.82, 2.24) is 4.57 Å². The van der Waals surface area contributed by atoms with E-state index < -0.39 is 0 Å². The molecule has 4 nitrogen and oxygen atoms in total. The van der Waals surface area contributed by atoms with Crippen molar-refractivity contribution >= 4 is 40.6 Å². The van der Waals surface area contributed by atoms with Crippen molar-refractivity contribution in [1.29, 1.82) is 0 Å². The number of allylic oxidation sites excluding steroid dienone is 1. The lowest BCUT2D eigenvalue weighted by Crippen LogP contribution is -2.18. The van der Waals surface area contributed by atoms with Crippen LogP contribution in [0, 0.1) is 0 Å². The highest BCUT2D eigenvalue weighted by Gasteiger charge is 2.23. The van der Waals surface area contributed by atoms with Gasteiger partial charge in [0.2, 0.25) is 5.88 Å². The predicted octanol–water partition coefficient (Wildman–Crippen LogP) is 5.86. The molecule has 2 aromatic carbocycles. The number of aromatic nitrogens is 1. The van der Waals surface area contributed by atoms with Crippen molar-refractivity contribution in [3.63, 3.8) is 0 Å². The SMILES string of the molecule is Oc1c(/C=C2\C=Nc3ccccc32)sc(=Nc2ccccc2)n1C1CCCC1. The average molecular weight is 388 g/mol. The van der Waals surface area contributed by atoms with Gasteiger partial charge in [-0.2, -0.15) is 0 Å². The molecule has 0 atom stereocenters. The number of thiazole rings is 1. The number of hydrogen-bond acceptors (Lipinski definition) is 4. The summed E-state index contributed by atoms with van der Waals surface area (Å²) in [5, 5.41) is 11.1. The zero-order valence-corrected chi connectivity index (χ0v) is 16.3. The first-order chi connectivity index (χ1) is 13.8. The predicted molar refractivity (Wildman–Crippen MR) is 116 cm³/mol. The summed E-state index contributed by atoms with van der Waals surface area (Å²) in [5.41, 5.74) is 4.01. The summed E-state index contributed by atoms with van der Waals surface area (Å²) in [6.07, 6.45) is 8.49. The fraction of sp³-hybridized carbons (Fsp3) is 0.217. The third kappa shape index (κ3) is 3.12. The van der Waals surface area contributed by atoms with Crippen molar-refractivity contribution in [3.05, 3.63) is 69.8 Å². The van der Waals surface area contributed by atoms with Crippen molar-refractivity contribution < 1.29 is 5.11 Å². The van der Waals surface area contributed by atoms with Crippen LogP contribution in [0.1, 0.15) is 42.2 Å². The van der Waals surface area contributed by atoms with Gasteiger partial charge in [0.1, 0.15) is 0 Å². The molecule has 0 unspecified atom stereocenters. The topological polar surface area (TPSA) is 49.9 Å². The second kappa shape index (κ2) is 7.24. The van der Waals surface area contributed by atoms with Crippen LogP contribution in [-0.2, 0) is 0 Å². The molecule has 1 aliphatic heterocycles. The number of para-hydroxylation sites is 2. The molecule has 1 N–H and O–H groups in total. The van der Waals surface area contributed by atoms with E-state index in [0.717, 1.165) is 45.0 Å². The van der Waals surface area contributed by atoms with Crippen LogP contribution in [0.2, 0.25) is 0 Å². The summed E-state index contributed by atoms with van der Waals surface area (Å²) in [7, 11) is 0. The first-order valence-electron chi connectivity index (χ1n) is 9.69. The maximum atomic E-state index is 11.1. The van der Waals surface area contributed by atoms with Gasteiger partial charge in [-0.1, -0.05) is 60.6 Å². The van der Waals surface area contributed by atoms with Crippen LogP contribution < -0.4 is 4.80 Å². The molecule has 1 fully saturated rings. The van der Waals surface area contributed by atoms with E-state index in [2.05, 4.69) is 11.1 Å². The van der Waals surface area contributed by atoms with Gasteiger partial charge in [0.25, 0.3) is 0 Å². The molecule has 5 heteroatoms. The summed E-state index contributed by atoms with van der Waals surface area (Å²) < 4.78 is 2.04. The minimum Gasteiger partial charge on any atom is -0.493 e. The minimum absolute atomic E-state index is 0.315. The fourth-order valence-corrected chi connectivity index (χ4v) is 5.03. The van der Waals surface area contributed by atoms with Gasteiger partial charge in [-0.15, -0.1) is 0 Å². The maximum absolute atomic E-state index is 11.1. The number of rotatable bonds is 3. The Bertz CT molecular complexity index is 1130.